The molecule has 1 atom stereocenters. The first-order chi connectivity index (χ1) is 5.48. The molecule has 0 saturated carbocycles. The second-order valence-corrected chi connectivity index (χ2v) is 3.44. The molecule has 0 heterocycles. The minimum atomic E-state index is -1.01. The standard InChI is InChI=1S/C10H16O2/c1-9(2)5-4-6-10(3,12)7-8-11/h5,7,12H,4,6H2,1-3H3. The summed E-state index contributed by atoms with van der Waals surface area (Å²) in [5.74, 6) is 1.60. The van der Waals surface area contributed by atoms with Crippen molar-refractivity contribution in [2.24, 2.45) is 0 Å². The maximum Gasteiger partial charge on any atom is 0.123 e. The van der Waals surface area contributed by atoms with E-state index in [4.69, 9.17) is 0 Å². The van der Waals surface area contributed by atoms with Crippen LogP contribution in [0.3, 0.4) is 0 Å². The Bertz CT molecular complexity index is 204. The van der Waals surface area contributed by atoms with E-state index in [-0.39, 0.29) is 0 Å². The van der Waals surface area contributed by atoms with Gasteiger partial charge >= 0.3 is 0 Å². The SMILES string of the molecule is CC(C)=CCCC(C)(O)C=C=O. The van der Waals surface area contributed by atoms with Gasteiger partial charge in [-0.25, -0.2) is 4.79 Å². The van der Waals surface area contributed by atoms with Crippen molar-refractivity contribution in [3.63, 3.8) is 0 Å². The lowest BCUT2D eigenvalue weighted by Crippen LogP contribution is -2.20. The van der Waals surface area contributed by atoms with Gasteiger partial charge in [0, 0.05) is 6.08 Å². The number of rotatable bonds is 4. The van der Waals surface area contributed by atoms with E-state index in [1.54, 1.807) is 12.9 Å². The van der Waals surface area contributed by atoms with Crippen LogP contribution in [0, 0.1) is 0 Å². The summed E-state index contributed by atoms with van der Waals surface area (Å²) in [5, 5.41) is 9.48. The summed E-state index contributed by atoms with van der Waals surface area (Å²) in [7, 11) is 0. The Balaban J connectivity index is 3.92. The average Bonchev–Trinajstić information content (AvgIpc) is 1.85. The van der Waals surface area contributed by atoms with E-state index >= 15 is 0 Å². The van der Waals surface area contributed by atoms with Crippen LogP contribution in [0.5, 0.6) is 0 Å². The zero-order chi connectivity index (χ0) is 9.61. The lowest BCUT2D eigenvalue weighted by Gasteiger charge is -2.15. The third-order valence-electron chi connectivity index (χ3n) is 1.57. The molecule has 12 heavy (non-hydrogen) atoms. The first kappa shape index (κ1) is 11.2. The van der Waals surface area contributed by atoms with Crippen molar-refractivity contribution in [2.75, 3.05) is 0 Å². The second-order valence-electron chi connectivity index (χ2n) is 3.44. The third-order valence-corrected chi connectivity index (χ3v) is 1.57. The molecule has 0 aliphatic rings. The summed E-state index contributed by atoms with van der Waals surface area (Å²) in [6, 6.07) is 0. The number of aliphatic hydroxyl groups is 1. The van der Waals surface area contributed by atoms with Crippen LogP contribution in [-0.2, 0) is 4.79 Å². The maximum atomic E-state index is 9.96. The van der Waals surface area contributed by atoms with Gasteiger partial charge in [-0.15, -0.1) is 0 Å². The molecule has 68 valence electrons. The first-order valence-corrected chi connectivity index (χ1v) is 4.06. The van der Waals surface area contributed by atoms with Gasteiger partial charge in [0.05, 0.1) is 5.60 Å². The normalized spacial score (nSPS) is 14.3. The molecule has 0 bridgehead atoms. The molecule has 0 spiro atoms. The molecule has 1 unspecified atom stereocenters. The Labute approximate surface area is 73.6 Å². The van der Waals surface area contributed by atoms with Gasteiger partial charge in [-0.3, -0.25) is 0 Å². The fourth-order valence-corrected chi connectivity index (χ4v) is 0.852. The van der Waals surface area contributed by atoms with Crippen LogP contribution in [0.15, 0.2) is 17.7 Å². The second kappa shape index (κ2) is 4.91. The van der Waals surface area contributed by atoms with Gasteiger partial charge in [-0.2, -0.15) is 0 Å². The Morgan fingerprint density at radius 3 is 2.58 bits per heavy atom. The van der Waals surface area contributed by atoms with Crippen LogP contribution in [0.4, 0.5) is 0 Å². The number of hydrogen-bond donors (Lipinski definition) is 1. The van der Waals surface area contributed by atoms with Gasteiger partial charge in [-0.1, -0.05) is 11.6 Å². The highest BCUT2D eigenvalue weighted by molar-refractivity contribution is 5.47. The van der Waals surface area contributed by atoms with Crippen molar-refractivity contribution in [2.45, 2.75) is 39.2 Å². The first-order valence-electron chi connectivity index (χ1n) is 4.06. The van der Waals surface area contributed by atoms with E-state index in [1.807, 2.05) is 19.9 Å². The van der Waals surface area contributed by atoms with Crippen LogP contribution < -0.4 is 0 Å². The minimum absolute atomic E-state index is 0.563. The monoisotopic (exact) mass is 168 g/mol. The molecule has 0 aromatic carbocycles. The predicted octanol–water partition coefficient (Wildman–Crippen LogP) is 1.87. The molecule has 0 aliphatic carbocycles. The average molecular weight is 168 g/mol. The molecule has 2 heteroatoms. The summed E-state index contributed by atoms with van der Waals surface area (Å²) >= 11 is 0. The van der Waals surface area contributed by atoms with Gasteiger partial charge in [0.25, 0.3) is 0 Å². The molecule has 0 aromatic rings. The minimum Gasteiger partial charge on any atom is -0.385 e. The molecule has 1 N–H and O–H groups in total. The molecule has 0 aromatic heterocycles. The van der Waals surface area contributed by atoms with E-state index in [0.29, 0.717) is 6.42 Å². The zero-order valence-corrected chi connectivity index (χ0v) is 7.92. The van der Waals surface area contributed by atoms with Crippen molar-refractivity contribution in [1.29, 1.82) is 0 Å². The molecule has 0 amide bonds. The van der Waals surface area contributed by atoms with Crippen molar-refractivity contribution >= 4 is 5.94 Å². The summed E-state index contributed by atoms with van der Waals surface area (Å²) in [6.07, 6.45) is 4.54. The lowest BCUT2D eigenvalue weighted by molar-refractivity contribution is 0.104. The van der Waals surface area contributed by atoms with E-state index in [1.165, 1.54) is 5.57 Å². The number of carbonyl (C=O) groups excluding carboxylic acids is 1. The van der Waals surface area contributed by atoms with Crippen LogP contribution in [0.1, 0.15) is 33.6 Å². The van der Waals surface area contributed by atoms with Crippen LogP contribution in [0.2, 0.25) is 0 Å². The largest absolute Gasteiger partial charge is 0.385 e. The Morgan fingerprint density at radius 2 is 2.17 bits per heavy atom. The highest BCUT2D eigenvalue weighted by Gasteiger charge is 2.14. The van der Waals surface area contributed by atoms with Gasteiger partial charge in [0.1, 0.15) is 5.94 Å². The molecule has 0 fully saturated rings. The van der Waals surface area contributed by atoms with Crippen LogP contribution >= 0.6 is 0 Å². The molecule has 0 rings (SSSR count). The summed E-state index contributed by atoms with van der Waals surface area (Å²) < 4.78 is 0. The van der Waals surface area contributed by atoms with Gasteiger partial charge in [-0.05, 0) is 33.6 Å². The van der Waals surface area contributed by atoms with Gasteiger partial charge in [0.2, 0.25) is 0 Å². The van der Waals surface area contributed by atoms with Crippen LogP contribution in [-0.4, -0.2) is 16.6 Å². The Hall–Kier alpha value is -0.850. The number of allylic oxidation sites excluding steroid dienone is 2. The van der Waals surface area contributed by atoms with E-state index < -0.39 is 5.60 Å². The van der Waals surface area contributed by atoms with E-state index in [0.717, 1.165) is 12.5 Å². The molecule has 0 radical (unpaired) electrons. The highest BCUT2D eigenvalue weighted by Crippen LogP contribution is 2.13. The topological polar surface area (TPSA) is 37.3 Å². The van der Waals surface area contributed by atoms with Crippen LogP contribution in [0.25, 0.3) is 0 Å². The van der Waals surface area contributed by atoms with E-state index in [9.17, 15) is 9.90 Å². The Morgan fingerprint density at radius 1 is 1.58 bits per heavy atom. The molecule has 2 nitrogen and oxygen atoms in total. The molecule has 0 saturated heterocycles. The molecular weight excluding hydrogens is 152 g/mol. The lowest BCUT2D eigenvalue weighted by atomic mass is 10.00. The van der Waals surface area contributed by atoms with Gasteiger partial charge in [0.15, 0.2) is 0 Å². The smallest absolute Gasteiger partial charge is 0.123 e. The third kappa shape index (κ3) is 5.90. The van der Waals surface area contributed by atoms with Crippen molar-refractivity contribution < 1.29 is 9.90 Å². The maximum absolute atomic E-state index is 9.96. The quantitative estimate of drug-likeness (QED) is 0.514. The summed E-state index contributed by atoms with van der Waals surface area (Å²) in [4.78, 5) is 9.96. The van der Waals surface area contributed by atoms with Crippen molar-refractivity contribution in [3.05, 3.63) is 17.7 Å². The fourth-order valence-electron chi connectivity index (χ4n) is 0.852. The van der Waals surface area contributed by atoms with E-state index in [2.05, 4.69) is 0 Å². The predicted molar refractivity (Wildman–Crippen MR) is 49.6 cm³/mol. The summed E-state index contributed by atoms with van der Waals surface area (Å²) in [6.45, 7) is 5.62. The van der Waals surface area contributed by atoms with Gasteiger partial charge < -0.3 is 5.11 Å². The molecular formula is C10H16O2. The van der Waals surface area contributed by atoms with Crippen molar-refractivity contribution in [3.8, 4) is 0 Å². The number of hydrogen-bond acceptors (Lipinski definition) is 2. The fraction of sp³-hybridized carbons (Fsp3) is 0.600. The highest BCUT2D eigenvalue weighted by atomic mass is 16.3. The summed E-state index contributed by atoms with van der Waals surface area (Å²) in [5.41, 5.74) is 0.217. The van der Waals surface area contributed by atoms with Crippen molar-refractivity contribution in [1.82, 2.24) is 0 Å². The molecule has 0 aliphatic heterocycles. The zero-order valence-electron chi connectivity index (χ0n) is 7.92. The Kier molecular flexibility index (Phi) is 4.57.